The van der Waals surface area contributed by atoms with Gasteiger partial charge in [0.2, 0.25) is 0 Å². The first-order chi connectivity index (χ1) is 27.5. The number of anilines is 2. The van der Waals surface area contributed by atoms with Gasteiger partial charge in [-0.1, -0.05) is 171 Å². The van der Waals surface area contributed by atoms with E-state index >= 15 is 0 Å². The lowest BCUT2D eigenvalue weighted by atomic mass is 10.1. The number of allylic oxidation sites excluding steroid dienone is 19. The molecule has 3 aromatic rings. The van der Waals surface area contributed by atoms with Crippen molar-refractivity contribution < 1.29 is 0 Å². The van der Waals surface area contributed by atoms with Crippen molar-refractivity contribution in [2.24, 2.45) is 0 Å². The molecule has 0 aliphatic heterocycles. The summed E-state index contributed by atoms with van der Waals surface area (Å²) in [6, 6.07) is 25.8. The predicted octanol–water partition coefficient (Wildman–Crippen LogP) is 15.7. The maximum absolute atomic E-state index is 4.15. The highest BCUT2D eigenvalue weighted by atomic mass is 15.1. The Kier molecular flexibility index (Phi) is 22.4. The van der Waals surface area contributed by atoms with Gasteiger partial charge in [-0.3, -0.25) is 0 Å². The first kappa shape index (κ1) is 46.8. The van der Waals surface area contributed by atoms with Crippen molar-refractivity contribution in [1.29, 1.82) is 0 Å². The van der Waals surface area contributed by atoms with Crippen molar-refractivity contribution in [3.8, 4) is 0 Å². The number of nitrogens with zero attached hydrogens (tertiary/aromatic N) is 2. The molecule has 0 aromatic heterocycles. The molecule has 0 atom stereocenters. The Labute approximate surface area is 346 Å². The minimum absolute atomic E-state index is 0.804. The van der Waals surface area contributed by atoms with Crippen molar-refractivity contribution in [1.82, 2.24) is 0 Å². The van der Waals surface area contributed by atoms with Crippen molar-refractivity contribution >= 4 is 23.5 Å². The van der Waals surface area contributed by atoms with Crippen LogP contribution in [-0.2, 0) is 0 Å². The Hall–Kier alpha value is -6.38. The lowest BCUT2D eigenvalue weighted by Gasteiger charge is -2.27. The maximum atomic E-state index is 4.15. The van der Waals surface area contributed by atoms with Crippen LogP contribution < -0.4 is 9.80 Å². The molecule has 3 aromatic carbocycles. The number of benzene rings is 3. The van der Waals surface area contributed by atoms with E-state index in [2.05, 4.69) is 243 Å². The molecule has 0 N–H and O–H groups in total. The number of rotatable bonds is 19. The third-order valence-electron chi connectivity index (χ3n) is 8.63. The van der Waals surface area contributed by atoms with Gasteiger partial charge in [-0.05, 0) is 131 Å². The highest BCUT2D eigenvalue weighted by Gasteiger charge is 2.12. The zero-order valence-electron chi connectivity index (χ0n) is 35.5. The van der Waals surface area contributed by atoms with E-state index in [4.69, 9.17) is 0 Å². The predicted molar refractivity (Wildman–Crippen MR) is 258 cm³/mol. The van der Waals surface area contributed by atoms with Crippen molar-refractivity contribution in [2.45, 2.75) is 54.9 Å². The summed E-state index contributed by atoms with van der Waals surface area (Å²) in [4.78, 5) is 4.50. The van der Waals surface area contributed by atoms with Gasteiger partial charge >= 0.3 is 0 Å². The van der Waals surface area contributed by atoms with Crippen LogP contribution in [0.3, 0.4) is 0 Å². The fourth-order valence-corrected chi connectivity index (χ4v) is 5.49. The first-order valence-corrected chi connectivity index (χ1v) is 19.5. The van der Waals surface area contributed by atoms with Crippen LogP contribution >= 0.6 is 0 Å². The van der Waals surface area contributed by atoms with Crippen LogP contribution in [0.15, 0.2) is 231 Å². The monoisotopic (exact) mass is 753 g/mol. The zero-order valence-corrected chi connectivity index (χ0v) is 35.5. The smallest absolute Gasteiger partial charge is 0.0460 e. The molecule has 0 heterocycles. The molecule has 0 unspecified atom stereocenters. The minimum atomic E-state index is 0.804. The molecule has 2 heteroatoms. The van der Waals surface area contributed by atoms with Gasteiger partial charge < -0.3 is 9.80 Å². The second-order valence-corrected chi connectivity index (χ2v) is 13.6. The van der Waals surface area contributed by atoms with Gasteiger partial charge in [0, 0.05) is 35.5 Å². The van der Waals surface area contributed by atoms with Crippen LogP contribution in [0.5, 0.6) is 0 Å². The molecule has 0 saturated heterocycles. The molecule has 294 valence electrons. The molecule has 0 aliphatic carbocycles. The second-order valence-electron chi connectivity index (χ2n) is 13.6. The topological polar surface area (TPSA) is 6.48 Å². The van der Waals surface area contributed by atoms with Crippen LogP contribution in [0.4, 0.5) is 11.4 Å². The van der Waals surface area contributed by atoms with Gasteiger partial charge in [0.1, 0.15) is 0 Å². The number of hydrogen-bond donors (Lipinski definition) is 0. The lowest BCUT2D eigenvalue weighted by molar-refractivity contribution is 1.08. The van der Waals surface area contributed by atoms with Gasteiger partial charge in [0.05, 0.1) is 0 Å². The average molecular weight is 753 g/mol. The molecule has 0 fully saturated rings. The van der Waals surface area contributed by atoms with Crippen LogP contribution in [0.25, 0.3) is 12.2 Å². The molecule has 0 aliphatic rings. The molecule has 2 nitrogen and oxygen atoms in total. The van der Waals surface area contributed by atoms with E-state index in [9.17, 15) is 0 Å². The quantitative estimate of drug-likeness (QED) is 0.0889. The maximum Gasteiger partial charge on any atom is 0.0460 e. The molecule has 0 saturated carbocycles. The van der Waals surface area contributed by atoms with E-state index in [0.717, 1.165) is 46.8 Å². The van der Waals surface area contributed by atoms with E-state index in [1.54, 1.807) is 12.2 Å². The lowest BCUT2D eigenvalue weighted by Crippen LogP contribution is -2.19. The summed E-state index contributed by atoms with van der Waals surface area (Å²) in [5.74, 6) is 0. The van der Waals surface area contributed by atoms with E-state index in [-0.39, 0.29) is 0 Å². The highest BCUT2D eigenvalue weighted by molar-refractivity contribution is 5.63. The molecule has 3 rings (SSSR count). The van der Waals surface area contributed by atoms with E-state index in [1.165, 1.54) is 28.0 Å². The fraction of sp³-hybridized carbons (Fsp3) is 0.164. The van der Waals surface area contributed by atoms with Crippen LogP contribution in [-0.4, -0.2) is 6.54 Å². The summed E-state index contributed by atoms with van der Waals surface area (Å²) in [5.41, 5.74) is 12.7. The molecule has 0 spiro atoms. The summed E-state index contributed by atoms with van der Waals surface area (Å²) in [6.07, 6.45) is 40.0. The summed E-state index contributed by atoms with van der Waals surface area (Å²) >= 11 is 0. The van der Waals surface area contributed by atoms with Crippen molar-refractivity contribution in [2.75, 3.05) is 16.3 Å². The highest BCUT2D eigenvalue weighted by Crippen LogP contribution is 2.27. The Morgan fingerprint density at radius 3 is 1.84 bits per heavy atom. The van der Waals surface area contributed by atoms with Gasteiger partial charge in [-0.2, -0.15) is 0 Å². The fourth-order valence-electron chi connectivity index (χ4n) is 5.49. The van der Waals surface area contributed by atoms with Gasteiger partial charge in [-0.15, -0.1) is 0 Å². The summed E-state index contributed by atoms with van der Waals surface area (Å²) in [5, 5.41) is 0. The normalized spacial score (nSPS) is 13.1. The average Bonchev–Trinajstić information content (AvgIpc) is 3.20. The Bertz CT molecular complexity index is 2060. The summed E-state index contributed by atoms with van der Waals surface area (Å²) in [7, 11) is 0. The Balaban J connectivity index is 0.00000267. The van der Waals surface area contributed by atoms with Crippen LogP contribution in [0.1, 0.15) is 63.3 Å². The van der Waals surface area contributed by atoms with Crippen molar-refractivity contribution in [3.05, 3.63) is 253 Å². The zero-order chi connectivity index (χ0) is 41.8. The standard InChI is InChI=1S/C51H58N2.C4H6/c1-10-21-43(6)38-46(9)53(51-27-20-24-45(8)40-51)49(12-3)35-29-42(5)28-30-48-33-31-47(32-34-48)25-15-13-14-17-36-52(37-18-16-22-41(4)11-2)50-26-19-23-44(7)39-50;1-3-4-2/h10-12,14-35,37-40H,1,3,13,36H2,2,4-9H3;3-4H,1-2H2/b17-14-,22-16-,25-15+,30-28+,37-18+,41-11-,42-29+,43-21-,46-38+,49-35+;. The molecule has 57 heavy (non-hydrogen) atoms. The van der Waals surface area contributed by atoms with Gasteiger partial charge in [0.25, 0.3) is 0 Å². The largest absolute Gasteiger partial charge is 0.344 e. The third-order valence-corrected chi connectivity index (χ3v) is 8.63. The SMILES string of the molecule is C=C/C=C(C)\C=C(/C)N(/C(C=C)=C/C=C(C)/C=C/c1ccc(/C=C/C/C=C\CN(/C=C/C=C\C(C)=C/C)c2cccc(C)c2)cc1)c1cccc(C)c1.C=CC=C. The molecule has 0 radical (unpaired) electrons. The van der Waals surface area contributed by atoms with E-state index < -0.39 is 0 Å². The second kappa shape index (κ2) is 27.2. The first-order valence-electron chi connectivity index (χ1n) is 19.5. The summed E-state index contributed by atoms with van der Waals surface area (Å²) < 4.78 is 0. The molecular weight excluding hydrogens is 689 g/mol. The number of aryl methyl sites for hydroxylation is 2. The number of hydrogen-bond acceptors (Lipinski definition) is 2. The van der Waals surface area contributed by atoms with Crippen LogP contribution in [0.2, 0.25) is 0 Å². The van der Waals surface area contributed by atoms with Gasteiger partial charge in [-0.25, -0.2) is 0 Å². The minimum Gasteiger partial charge on any atom is -0.344 e. The molecule has 0 amide bonds. The third kappa shape index (κ3) is 18.7. The van der Waals surface area contributed by atoms with Gasteiger partial charge in [0.15, 0.2) is 0 Å². The van der Waals surface area contributed by atoms with Crippen LogP contribution in [0, 0.1) is 13.8 Å². The molecule has 0 bridgehead atoms. The van der Waals surface area contributed by atoms with E-state index in [1.807, 2.05) is 18.2 Å². The Morgan fingerprint density at radius 1 is 0.614 bits per heavy atom. The summed E-state index contributed by atoms with van der Waals surface area (Å²) in [6.45, 7) is 30.3. The molecular formula is C55H64N2. The van der Waals surface area contributed by atoms with E-state index in [0.29, 0.717) is 0 Å². The van der Waals surface area contributed by atoms with Crippen molar-refractivity contribution in [3.63, 3.8) is 0 Å². The Morgan fingerprint density at radius 2 is 1.25 bits per heavy atom.